The lowest BCUT2D eigenvalue weighted by Crippen LogP contribution is -2.23. The fourth-order valence-corrected chi connectivity index (χ4v) is 2.31. The van der Waals surface area contributed by atoms with Gasteiger partial charge >= 0.3 is 0 Å². The van der Waals surface area contributed by atoms with Crippen LogP contribution < -0.4 is 5.32 Å². The Morgan fingerprint density at radius 3 is 2.50 bits per heavy atom. The van der Waals surface area contributed by atoms with Gasteiger partial charge in [0.25, 0.3) is 0 Å². The van der Waals surface area contributed by atoms with Crippen molar-refractivity contribution in [1.29, 1.82) is 0 Å². The number of aromatic hydroxyl groups is 1. The first-order valence-electron chi connectivity index (χ1n) is 6.23. The van der Waals surface area contributed by atoms with Crippen LogP contribution >= 0.6 is 0 Å². The van der Waals surface area contributed by atoms with E-state index >= 15 is 0 Å². The summed E-state index contributed by atoms with van der Waals surface area (Å²) in [5.41, 5.74) is 1.86. The van der Waals surface area contributed by atoms with Gasteiger partial charge in [-0.25, -0.2) is 0 Å². The van der Waals surface area contributed by atoms with Crippen molar-refractivity contribution in [1.82, 2.24) is 5.32 Å². The number of phenolic OH excluding ortho intramolecular Hbond substituents is 1. The molecule has 2 nitrogen and oxygen atoms in total. The van der Waals surface area contributed by atoms with E-state index in [1.54, 1.807) is 12.1 Å². The molecule has 0 saturated heterocycles. The Morgan fingerprint density at radius 2 is 1.94 bits per heavy atom. The second kappa shape index (κ2) is 4.88. The van der Waals surface area contributed by atoms with Gasteiger partial charge in [0.2, 0.25) is 0 Å². The SMILES string of the molecule is CCCC1(CNCc2ccc(O)cc2)CC1. The number of phenols is 1. The third-order valence-electron chi connectivity index (χ3n) is 3.50. The number of nitrogens with one attached hydrogen (secondary N) is 1. The zero-order valence-electron chi connectivity index (χ0n) is 10.00. The molecule has 0 unspecified atom stereocenters. The van der Waals surface area contributed by atoms with Gasteiger partial charge < -0.3 is 10.4 Å². The maximum Gasteiger partial charge on any atom is 0.115 e. The predicted molar refractivity (Wildman–Crippen MR) is 66.4 cm³/mol. The molecule has 2 rings (SSSR count). The van der Waals surface area contributed by atoms with Gasteiger partial charge in [0, 0.05) is 13.1 Å². The van der Waals surface area contributed by atoms with Crippen LogP contribution in [0.3, 0.4) is 0 Å². The van der Waals surface area contributed by atoms with Crippen LogP contribution in [0.25, 0.3) is 0 Å². The van der Waals surface area contributed by atoms with E-state index in [4.69, 9.17) is 0 Å². The third kappa shape index (κ3) is 2.99. The summed E-state index contributed by atoms with van der Waals surface area (Å²) in [5, 5.41) is 12.7. The normalized spacial score (nSPS) is 17.3. The number of rotatable bonds is 6. The monoisotopic (exact) mass is 219 g/mol. The Morgan fingerprint density at radius 1 is 1.25 bits per heavy atom. The first-order valence-corrected chi connectivity index (χ1v) is 6.23. The van der Waals surface area contributed by atoms with Gasteiger partial charge in [-0.3, -0.25) is 0 Å². The average Bonchev–Trinajstić information content (AvgIpc) is 3.02. The molecule has 1 saturated carbocycles. The van der Waals surface area contributed by atoms with Gasteiger partial charge in [0.15, 0.2) is 0 Å². The molecule has 1 fully saturated rings. The molecule has 1 aromatic carbocycles. The third-order valence-corrected chi connectivity index (χ3v) is 3.50. The summed E-state index contributed by atoms with van der Waals surface area (Å²) in [6.45, 7) is 4.31. The first kappa shape index (κ1) is 11.5. The molecule has 0 spiro atoms. The molecule has 16 heavy (non-hydrogen) atoms. The first-order chi connectivity index (χ1) is 7.74. The Kier molecular flexibility index (Phi) is 3.49. The van der Waals surface area contributed by atoms with E-state index in [0.717, 1.165) is 13.1 Å². The van der Waals surface area contributed by atoms with E-state index < -0.39 is 0 Å². The summed E-state index contributed by atoms with van der Waals surface area (Å²) in [7, 11) is 0. The highest BCUT2D eigenvalue weighted by Gasteiger charge is 2.40. The fourth-order valence-electron chi connectivity index (χ4n) is 2.31. The van der Waals surface area contributed by atoms with E-state index in [1.807, 2.05) is 12.1 Å². The molecule has 0 amide bonds. The van der Waals surface area contributed by atoms with Gasteiger partial charge in [0.1, 0.15) is 5.75 Å². The van der Waals surface area contributed by atoms with Gasteiger partial charge in [-0.2, -0.15) is 0 Å². The van der Waals surface area contributed by atoms with Crippen LogP contribution in [0.15, 0.2) is 24.3 Å². The van der Waals surface area contributed by atoms with E-state index in [1.165, 1.54) is 31.2 Å². The lowest BCUT2D eigenvalue weighted by molar-refractivity contribution is 0.420. The van der Waals surface area contributed by atoms with Crippen LogP contribution in [-0.2, 0) is 6.54 Å². The maximum atomic E-state index is 9.17. The topological polar surface area (TPSA) is 32.3 Å². The summed E-state index contributed by atoms with van der Waals surface area (Å²) < 4.78 is 0. The van der Waals surface area contributed by atoms with Crippen LogP contribution in [0.2, 0.25) is 0 Å². The van der Waals surface area contributed by atoms with E-state index in [0.29, 0.717) is 11.2 Å². The Hall–Kier alpha value is -1.02. The summed E-state index contributed by atoms with van der Waals surface area (Å²) in [5.74, 6) is 0.341. The lowest BCUT2D eigenvalue weighted by atomic mass is 10.0. The summed E-state index contributed by atoms with van der Waals surface area (Å²) >= 11 is 0. The second-order valence-corrected chi connectivity index (χ2v) is 5.02. The van der Waals surface area contributed by atoms with Gasteiger partial charge in [-0.1, -0.05) is 25.5 Å². The van der Waals surface area contributed by atoms with Crippen LogP contribution in [0.4, 0.5) is 0 Å². The van der Waals surface area contributed by atoms with Gasteiger partial charge in [-0.15, -0.1) is 0 Å². The highest BCUT2D eigenvalue weighted by atomic mass is 16.3. The zero-order valence-corrected chi connectivity index (χ0v) is 10.00. The number of hydrogen-bond acceptors (Lipinski definition) is 2. The molecule has 0 atom stereocenters. The van der Waals surface area contributed by atoms with Crippen molar-refractivity contribution in [2.75, 3.05) is 6.54 Å². The van der Waals surface area contributed by atoms with E-state index in [9.17, 15) is 5.11 Å². The van der Waals surface area contributed by atoms with Crippen molar-refractivity contribution in [2.45, 2.75) is 39.2 Å². The smallest absolute Gasteiger partial charge is 0.115 e. The van der Waals surface area contributed by atoms with E-state index in [-0.39, 0.29) is 0 Å². The Bertz CT molecular complexity index is 327. The van der Waals surface area contributed by atoms with Crippen molar-refractivity contribution >= 4 is 0 Å². The van der Waals surface area contributed by atoms with Crippen molar-refractivity contribution in [2.24, 2.45) is 5.41 Å². The fraction of sp³-hybridized carbons (Fsp3) is 0.571. The molecular weight excluding hydrogens is 198 g/mol. The van der Waals surface area contributed by atoms with Crippen LogP contribution in [0.5, 0.6) is 5.75 Å². The minimum atomic E-state index is 0.341. The minimum Gasteiger partial charge on any atom is -0.508 e. The molecule has 88 valence electrons. The molecule has 2 heteroatoms. The Labute approximate surface area is 97.7 Å². The molecule has 0 aromatic heterocycles. The molecule has 0 aliphatic heterocycles. The van der Waals surface area contributed by atoms with Crippen LogP contribution in [-0.4, -0.2) is 11.7 Å². The average molecular weight is 219 g/mol. The number of benzene rings is 1. The van der Waals surface area contributed by atoms with Crippen molar-refractivity contribution in [3.05, 3.63) is 29.8 Å². The molecule has 1 aliphatic rings. The zero-order chi connectivity index (χ0) is 11.4. The van der Waals surface area contributed by atoms with Crippen LogP contribution in [0.1, 0.15) is 38.2 Å². The molecule has 1 aromatic rings. The molecule has 2 N–H and O–H groups in total. The van der Waals surface area contributed by atoms with Crippen LogP contribution in [0, 0.1) is 5.41 Å². The molecule has 0 heterocycles. The second-order valence-electron chi connectivity index (χ2n) is 5.02. The molecule has 0 radical (unpaired) electrons. The van der Waals surface area contributed by atoms with Gasteiger partial charge in [0.05, 0.1) is 0 Å². The lowest BCUT2D eigenvalue weighted by Gasteiger charge is -2.14. The summed E-state index contributed by atoms with van der Waals surface area (Å²) in [6, 6.07) is 7.44. The molecule has 0 bridgehead atoms. The predicted octanol–water partition coefficient (Wildman–Crippen LogP) is 3.06. The van der Waals surface area contributed by atoms with Crippen molar-refractivity contribution in [3.63, 3.8) is 0 Å². The minimum absolute atomic E-state index is 0.341. The number of hydrogen-bond donors (Lipinski definition) is 2. The largest absolute Gasteiger partial charge is 0.508 e. The highest BCUT2D eigenvalue weighted by molar-refractivity contribution is 5.25. The summed E-state index contributed by atoms with van der Waals surface area (Å²) in [6.07, 6.45) is 5.43. The van der Waals surface area contributed by atoms with Crippen molar-refractivity contribution in [3.8, 4) is 5.75 Å². The van der Waals surface area contributed by atoms with Crippen molar-refractivity contribution < 1.29 is 5.11 Å². The quantitative estimate of drug-likeness (QED) is 0.770. The Balaban J connectivity index is 1.74. The summed E-state index contributed by atoms with van der Waals surface area (Å²) in [4.78, 5) is 0. The highest BCUT2D eigenvalue weighted by Crippen LogP contribution is 2.48. The maximum absolute atomic E-state index is 9.17. The van der Waals surface area contributed by atoms with Gasteiger partial charge in [-0.05, 0) is 42.4 Å². The van der Waals surface area contributed by atoms with E-state index in [2.05, 4.69) is 12.2 Å². The molecular formula is C14H21NO. The standard InChI is InChI=1S/C14H21NO/c1-2-7-14(8-9-14)11-15-10-12-3-5-13(16)6-4-12/h3-6,15-16H,2,7-11H2,1H3. The molecule has 1 aliphatic carbocycles.